The molecule has 0 fully saturated rings. The van der Waals surface area contributed by atoms with Crippen LogP contribution in [0.1, 0.15) is 25.8 Å². The van der Waals surface area contributed by atoms with E-state index in [-0.39, 0.29) is 0 Å². The van der Waals surface area contributed by atoms with Gasteiger partial charge in [0.1, 0.15) is 0 Å². The number of para-hydroxylation sites is 2. The lowest BCUT2D eigenvalue weighted by molar-refractivity contribution is -0.903. The highest BCUT2D eigenvalue weighted by Crippen LogP contribution is 2.34. The van der Waals surface area contributed by atoms with Crippen LogP contribution >= 0.6 is 23.5 Å². The van der Waals surface area contributed by atoms with Crippen molar-refractivity contribution in [1.29, 1.82) is 0 Å². The molecule has 33 heavy (non-hydrogen) atoms. The fourth-order valence-electron chi connectivity index (χ4n) is 3.69. The van der Waals surface area contributed by atoms with E-state index in [2.05, 4.69) is 87.6 Å². The monoisotopic (exact) mass is 474 g/mol. The minimum Gasteiger partial charge on any atom is -0.326 e. The van der Waals surface area contributed by atoms with Gasteiger partial charge in [-0.25, -0.2) is 4.99 Å². The minimum absolute atomic E-state index is 0.765. The van der Waals surface area contributed by atoms with Gasteiger partial charge in [-0.1, -0.05) is 54.2 Å². The first-order chi connectivity index (χ1) is 16.1. The first-order valence-electron chi connectivity index (χ1n) is 11.6. The van der Waals surface area contributed by atoms with Crippen LogP contribution in [-0.4, -0.2) is 47.7 Å². The van der Waals surface area contributed by atoms with Crippen LogP contribution in [-0.2, 0) is 0 Å². The molecule has 1 aliphatic heterocycles. The van der Waals surface area contributed by atoms with Crippen molar-refractivity contribution in [2.45, 2.75) is 30.1 Å². The Labute approximate surface area is 206 Å². The number of benzene rings is 3. The van der Waals surface area contributed by atoms with E-state index in [0.717, 1.165) is 58.4 Å². The third kappa shape index (κ3) is 6.38. The molecule has 3 nitrogen and oxygen atoms in total. The van der Waals surface area contributed by atoms with Gasteiger partial charge in [0.05, 0.1) is 48.8 Å². The Morgan fingerprint density at radius 1 is 0.788 bits per heavy atom. The summed E-state index contributed by atoms with van der Waals surface area (Å²) in [4.78, 5) is 12.6. The maximum absolute atomic E-state index is 5.07. The molecule has 3 aromatic rings. The van der Waals surface area contributed by atoms with Gasteiger partial charge in [-0.2, -0.15) is 0 Å². The van der Waals surface area contributed by atoms with Crippen molar-refractivity contribution in [1.82, 2.24) is 0 Å². The quantitative estimate of drug-likeness (QED) is 0.314. The molecule has 5 heteroatoms. The molecular formula is C28H32N3S2+. The Hall–Kier alpha value is -2.34. The zero-order chi connectivity index (χ0) is 23.1. The van der Waals surface area contributed by atoms with Gasteiger partial charge in [0.25, 0.3) is 0 Å². The van der Waals surface area contributed by atoms with E-state index in [1.807, 2.05) is 23.9 Å². The van der Waals surface area contributed by atoms with Crippen molar-refractivity contribution in [2.75, 3.05) is 32.4 Å². The molecule has 0 aliphatic carbocycles. The van der Waals surface area contributed by atoms with Crippen molar-refractivity contribution in [3.8, 4) is 0 Å². The molecule has 1 aliphatic rings. The average Bonchev–Trinajstić information content (AvgIpc) is 3.04. The lowest BCUT2D eigenvalue weighted by atomic mass is 10.1. The van der Waals surface area contributed by atoms with Crippen LogP contribution in [0.25, 0.3) is 0 Å². The van der Waals surface area contributed by atoms with Gasteiger partial charge in [0.15, 0.2) is 0 Å². The molecule has 0 saturated heterocycles. The van der Waals surface area contributed by atoms with Crippen LogP contribution < -0.4 is 0 Å². The topological polar surface area (TPSA) is 24.7 Å². The number of hydrogen-bond acceptors (Lipinski definition) is 4. The SMILES string of the molecule is CC[N+](C)(CC)CCSC1=Nc2ccccc2N=C(c2cccc(Sc3ccccc3)c2)C1. The Bertz CT molecular complexity index is 1130. The van der Waals surface area contributed by atoms with Gasteiger partial charge in [-0.3, -0.25) is 4.99 Å². The predicted molar refractivity (Wildman–Crippen MR) is 146 cm³/mol. The summed E-state index contributed by atoms with van der Waals surface area (Å²) in [5, 5.41) is 1.15. The molecule has 0 atom stereocenters. The summed E-state index contributed by atoms with van der Waals surface area (Å²) in [6.45, 7) is 8.02. The summed E-state index contributed by atoms with van der Waals surface area (Å²) in [5.74, 6) is 1.07. The first-order valence-corrected chi connectivity index (χ1v) is 13.4. The number of fused-ring (bicyclic) bond motifs is 1. The maximum atomic E-state index is 5.07. The second kappa shape index (κ2) is 11.2. The van der Waals surface area contributed by atoms with Gasteiger partial charge >= 0.3 is 0 Å². The number of hydrogen-bond donors (Lipinski definition) is 0. The Balaban J connectivity index is 1.58. The Morgan fingerprint density at radius 3 is 2.18 bits per heavy atom. The smallest absolute Gasteiger partial charge is 0.0896 e. The van der Waals surface area contributed by atoms with Gasteiger partial charge < -0.3 is 4.48 Å². The second-order valence-electron chi connectivity index (χ2n) is 8.50. The van der Waals surface area contributed by atoms with Gasteiger partial charge in [-0.15, -0.1) is 11.8 Å². The molecule has 0 N–H and O–H groups in total. The first kappa shape index (κ1) is 23.8. The molecular weight excluding hydrogens is 442 g/mol. The van der Waals surface area contributed by atoms with Crippen LogP contribution in [0, 0.1) is 0 Å². The molecule has 4 rings (SSSR count). The van der Waals surface area contributed by atoms with Crippen molar-refractivity contribution >= 4 is 45.7 Å². The largest absolute Gasteiger partial charge is 0.326 e. The molecule has 0 unspecified atom stereocenters. The van der Waals surface area contributed by atoms with E-state index < -0.39 is 0 Å². The molecule has 0 amide bonds. The summed E-state index contributed by atoms with van der Waals surface area (Å²) in [6.07, 6.45) is 0.765. The predicted octanol–water partition coefficient (Wildman–Crippen LogP) is 7.61. The Morgan fingerprint density at radius 2 is 1.45 bits per heavy atom. The number of thioether (sulfide) groups is 1. The van der Waals surface area contributed by atoms with E-state index >= 15 is 0 Å². The normalized spacial score (nSPS) is 13.7. The Kier molecular flexibility index (Phi) is 8.07. The van der Waals surface area contributed by atoms with E-state index in [1.54, 1.807) is 11.8 Å². The van der Waals surface area contributed by atoms with Gasteiger partial charge in [0.2, 0.25) is 0 Å². The fraction of sp³-hybridized carbons (Fsp3) is 0.286. The van der Waals surface area contributed by atoms with Gasteiger partial charge in [0, 0.05) is 22.0 Å². The van der Waals surface area contributed by atoms with Crippen LogP contribution in [0.4, 0.5) is 11.4 Å². The number of quaternary nitrogens is 1. The summed E-state index contributed by atoms with van der Waals surface area (Å²) in [7, 11) is 2.34. The number of aliphatic imine (C=N–C) groups is 2. The summed E-state index contributed by atoms with van der Waals surface area (Å²) in [6, 6.07) is 27.5. The van der Waals surface area contributed by atoms with Crippen molar-refractivity contribution in [2.24, 2.45) is 9.98 Å². The highest BCUT2D eigenvalue weighted by molar-refractivity contribution is 8.14. The molecule has 1 heterocycles. The zero-order valence-corrected chi connectivity index (χ0v) is 21.3. The lowest BCUT2D eigenvalue weighted by Gasteiger charge is -2.31. The van der Waals surface area contributed by atoms with Crippen LogP contribution in [0.15, 0.2) is 98.6 Å². The molecule has 0 bridgehead atoms. The van der Waals surface area contributed by atoms with E-state index in [4.69, 9.17) is 9.98 Å². The second-order valence-corrected chi connectivity index (χ2v) is 10.8. The zero-order valence-electron chi connectivity index (χ0n) is 19.7. The average molecular weight is 475 g/mol. The van der Waals surface area contributed by atoms with Crippen molar-refractivity contribution < 1.29 is 4.48 Å². The highest BCUT2D eigenvalue weighted by Gasteiger charge is 2.19. The van der Waals surface area contributed by atoms with Crippen LogP contribution in [0.5, 0.6) is 0 Å². The molecule has 0 radical (unpaired) electrons. The van der Waals surface area contributed by atoms with Crippen LogP contribution in [0.2, 0.25) is 0 Å². The summed E-state index contributed by atoms with van der Waals surface area (Å²) in [5.41, 5.74) is 4.17. The molecule has 0 spiro atoms. The molecule has 170 valence electrons. The van der Waals surface area contributed by atoms with E-state index in [1.165, 1.54) is 15.4 Å². The standard InChI is InChI=1S/C28H32N3S2/c1-4-31(3,5-2)18-19-32-28-21-27(29-25-16-9-10-17-26(25)30-28)22-12-11-15-24(20-22)33-23-13-7-6-8-14-23/h6-17,20H,4-5,18-19,21H2,1-3H3/q+1. The molecule has 0 saturated carbocycles. The van der Waals surface area contributed by atoms with E-state index in [0.29, 0.717) is 0 Å². The third-order valence-electron chi connectivity index (χ3n) is 6.27. The molecule has 0 aromatic heterocycles. The summed E-state index contributed by atoms with van der Waals surface area (Å²) < 4.78 is 1.09. The van der Waals surface area contributed by atoms with Crippen molar-refractivity contribution in [3.05, 3.63) is 84.4 Å². The van der Waals surface area contributed by atoms with Gasteiger partial charge in [-0.05, 0) is 55.8 Å². The third-order valence-corrected chi connectivity index (χ3v) is 8.23. The van der Waals surface area contributed by atoms with E-state index in [9.17, 15) is 0 Å². The summed E-state index contributed by atoms with van der Waals surface area (Å²) >= 11 is 3.67. The fourth-order valence-corrected chi connectivity index (χ4v) is 5.76. The minimum atomic E-state index is 0.765. The maximum Gasteiger partial charge on any atom is 0.0896 e. The molecule has 3 aromatic carbocycles. The van der Waals surface area contributed by atoms with Crippen molar-refractivity contribution in [3.63, 3.8) is 0 Å². The number of rotatable bonds is 8. The number of nitrogens with zero attached hydrogens (tertiary/aromatic N) is 3. The lowest BCUT2D eigenvalue weighted by Crippen LogP contribution is -2.45. The highest BCUT2D eigenvalue weighted by atomic mass is 32.2. The van der Waals surface area contributed by atoms with Crippen LogP contribution in [0.3, 0.4) is 0 Å².